The van der Waals surface area contributed by atoms with Gasteiger partial charge in [-0.25, -0.2) is 0 Å². The van der Waals surface area contributed by atoms with Crippen LogP contribution in [0.2, 0.25) is 0 Å². The van der Waals surface area contributed by atoms with Gasteiger partial charge in [-0.1, -0.05) is 6.92 Å². The van der Waals surface area contributed by atoms with Gasteiger partial charge in [-0.15, -0.1) is 12.4 Å². The maximum atomic E-state index is 12.8. The Balaban J connectivity index is 0.00000300. The Morgan fingerprint density at radius 3 is 2.24 bits per heavy atom. The summed E-state index contributed by atoms with van der Waals surface area (Å²) in [7, 11) is 2.01. The molecule has 0 aromatic heterocycles. The third kappa shape index (κ3) is 7.11. The Labute approximate surface area is 183 Å². The Bertz CT molecular complexity index is 517. The highest BCUT2D eigenvalue weighted by molar-refractivity contribution is 5.85. The van der Waals surface area contributed by atoms with Crippen molar-refractivity contribution in [1.29, 1.82) is 0 Å². The van der Waals surface area contributed by atoms with Crippen LogP contribution in [0.15, 0.2) is 0 Å². The molecule has 1 unspecified atom stereocenters. The van der Waals surface area contributed by atoms with Crippen LogP contribution < -0.4 is 5.32 Å². The second-order valence-electron chi connectivity index (χ2n) is 9.30. The van der Waals surface area contributed by atoms with E-state index < -0.39 is 0 Å². The fraction of sp³-hybridized carbons (Fsp3) is 0.909. The molecule has 2 amide bonds. The molecule has 6 nitrogen and oxygen atoms in total. The minimum atomic E-state index is 0. The summed E-state index contributed by atoms with van der Waals surface area (Å²) in [4.78, 5) is 31.9. The highest BCUT2D eigenvalue weighted by Gasteiger charge is 2.32. The van der Waals surface area contributed by atoms with E-state index in [0.29, 0.717) is 18.4 Å². The second-order valence-corrected chi connectivity index (χ2v) is 9.30. The van der Waals surface area contributed by atoms with Gasteiger partial charge >= 0.3 is 0 Å². The molecule has 7 heteroatoms. The standard InChI is InChI=1S/C22H40N4O2.ClH/c1-18-4-3-11-26(16-18)22(28)20-8-14-25(15-9-20)21(27)17-24-12-6-19(7-13-24)5-10-23-2;/h18-20,23H,3-17H2,1-2H3;1H. The van der Waals surface area contributed by atoms with E-state index in [1.54, 1.807) is 0 Å². The number of nitrogens with one attached hydrogen (secondary N) is 1. The van der Waals surface area contributed by atoms with Crippen molar-refractivity contribution in [2.45, 2.75) is 51.9 Å². The Kier molecular flexibility index (Phi) is 10.2. The van der Waals surface area contributed by atoms with E-state index in [4.69, 9.17) is 0 Å². The molecule has 1 N–H and O–H groups in total. The van der Waals surface area contributed by atoms with E-state index in [2.05, 4.69) is 22.0 Å². The van der Waals surface area contributed by atoms with Crippen LogP contribution in [-0.2, 0) is 9.59 Å². The van der Waals surface area contributed by atoms with Gasteiger partial charge in [0.15, 0.2) is 0 Å². The summed E-state index contributed by atoms with van der Waals surface area (Å²) in [6, 6.07) is 0. The normalized spacial score (nSPS) is 25.0. The number of rotatable bonds is 6. The van der Waals surface area contributed by atoms with E-state index in [1.165, 1.54) is 25.7 Å². The fourth-order valence-corrected chi connectivity index (χ4v) is 5.10. The molecule has 0 aromatic rings. The summed E-state index contributed by atoms with van der Waals surface area (Å²) in [6.07, 6.45) is 7.71. The maximum Gasteiger partial charge on any atom is 0.236 e. The van der Waals surface area contributed by atoms with Crippen LogP contribution in [0.1, 0.15) is 51.9 Å². The molecule has 3 aliphatic heterocycles. The molecular weight excluding hydrogens is 388 g/mol. The van der Waals surface area contributed by atoms with Crippen molar-refractivity contribution in [3.05, 3.63) is 0 Å². The van der Waals surface area contributed by atoms with E-state index >= 15 is 0 Å². The third-order valence-corrected chi connectivity index (χ3v) is 7.03. The van der Waals surface area contributed by atoms with Gasteiger partial charge in [0.05, 0.1) is 6.54 Å². The summed E-state index contributed by atoms with van der Waals surface area (Å²) in [5.74, 6) is 2.14. The minimum Gasteiger partial charge on any atom is -0.342 e. The monoisotopic (exact) mass is 428 g/mol. The number of halogens is 1. The Hall–Kier alpha value is -0.850. The van der Waals surface area contributed by atoms with Gasteiger partial charge in [0.25, 0.3) is 0 Å². The van der Waals surface area contributed by atoms with Crippen LogP contribution in [0, 0.1) is 17.8 Å². The average molecular weight is 429 g/mol. The molecule has 29 heavy (non-hydrogen) atoms. The molecule has 0 spiro atoms. The molecule has 168 valence electrons. The molecule has 1 atom stereocenters. The molecule has 0 radical (unpaired) electrons. The zero-order valence-corrected chi connectivity index (χ0v) is 19.2. The van der Waals surface area contributed by atoms with Crippen molar-refractivity contribution >= 4 is 24.2 Å². The first kappa shape index (κ1) is 24.4. The highest BCUT2D eigenvalue weighted by Crippen LogP contribution is 2.24. The van der Waals surface area contributed by atoms with Crippen LogP contribution in [0.4, 0.5) is 0 Å². The predicted octanol–water partition coefficient (Wildman–Crippen LogP) is 2.23. The van der Waals surface area contributed by atoms with E-state index in [1.807, 2.05) is 11.9 Å². The molecule has 3 heterocycles. The van der Waals surface area contributed by atoms with Crippen molar-refractivity contribution in [2.24, 2.45) is 17.8 Å². The molecule has 0 saturated carbocycles. The molecule has 3 saturated heterocycles. The molecule has 0 bridgehead atoms. The third-order valence-electron chi connectivity index (χ3n) is 7.03. The summed E-state index contributed by atoms with van der Waals surface area (Å²) < 4.78 is 0. The lowest BCUT2D eigenvalue weighted by Crippen LogP contribution is -2.49. The molecule has 0 aliphatic carbocycles. The zero-order chi connectivity index (χ0) is 19.9. The predicted molar refractivity (Wildman–Crippen MR) is 119 cm³/mol. The van der Waals surface area contributed by atoms with E-state index in [-0.39, 0.29) is 24.2 Å². The topological polar surface area (TPSA) is 55.9 Å². The van der Waals surface area contributed by atoms with Crippen LogP contribution in [0.3, 0.4) is 0 Å². The maximum absolute atomic E-state index is 12.8. The minimum absolute atomic E-state index is 0. The van der Waals surface area contributed by atoms with Crippen LogP contribution in [0.25, 0.3) is 0 Å². The van der Waals surface area contributed by atoms with Gasteiger partial charge < -0.3 is 15.1 Å². The van der Waals surface area contributed by atoms with Gasteiger partial charge in [0.2, 0.25) is 11.8 Å². The number of amides is 2. The van der Waals surface area contributed by atoms with Gasteiger partial charge in [0.1, 0.15) is 0 Å². The first-order valence-corrected chi connectivity index (χ1v) is 11.5. The summed E-state index contributed by atoms with van der Waals surface area (Å²) in [5, 5.41) is 3.23. The average Bonchev–Trinajstić information content (AvgIpc) is 2.73. The number of likely N-dealkylation sites (tertiary alicyclic amines) is 3. The number of hydrogen-bond donors (Lipinski definition) is 1. The molecule has 3 fully saturated rings. The van der Waals surface area contributed by atoms with Crippen molar-refractivity contribution < 1.29 is 9.59 Å². The Morgan fingerprint density at radius 1 is 0.931 bits per heavy atom. The van der Waals surface area contributed by atoms with Crippen LogP contribution in [-0.4, -0.2) is 85.9 Å². The number of hydrogen-bond acceptors (Lipinski definition) is 4. The Morgan fingerprint density at radius 2 is 1.62 bits per heavy atom. The SMILES string of the molecule is CNCCC1CCN(CC(=O)N2CCC(C(=O)N3CCCC(C)C3)CC2)CC1.Cl. The van der Waals surface area contributed by atoms with Gasteiger partial charge in [-0.2, -0.15) is 0 Å². The number of piperidine rings is 3. The van der Waals surface area contributed by atoms with Gasteiger partial charge in [-0.05, 0) is 83.5 Å². The molecule has 3 rings (SSSR count). The van der Waals surface area contributed by atoms with Crippen molar-refractivity contribution in [1.82, 2.24) is 20.0 Å². The lowest BCUT2D eigenvalue weighted by Gasteiger charge is -2.38. The smallest absolute Gasteiger partial charge is 0.236 e. The van der Waals surface area contributed by atoms with Gasteiger partial charge in [-0.3, -0.25) is 14.5 Å². The van der Waals surface area contributed by atoms with Crippen molar-refractivity contribution in [3.8, 4) is 0 Å². The van der Waals surface area contributed by atoms with E-state index in [9.17, 15) is 9.59 Å². The van der Waals surface area contributed by atoms with Crippen molar-refractivity contribution in [3.63, 3.8) is 0 Å². The zero-order valence-electron chi connectivity index (χ0n) is 18.4. The lowest BCUT2D eigenvalue weighted by molar-refractivity contribution is -0.142. The number of carbonyl (C=O) groups excluding carboxylic acids is 2. The van der Waals surface area contributed by atoms with Crippen LogP contribution in [0.5, 0.6) is 0 Å². The first-order chi connectivity index (χ1) is 13.6. The van der Waals surface area contributed by atoms with Gasteiger partial charge in [0, 0.05) is 32.1 Å². The fourth-order valence-electron chi connectivity index (χ4n) is 5.10. The summed E-state index contributed by atoms with van der Waals surface area (Å²) in [6.45, 7) is 9.31. The number of carbonyl (C=O) groups is 2. The highest BCUT2D eigenvalue weighted by atomic mass is 35.5. The summed E-state index contributed by atoms with van der Waals surface area (Å²) in [5.41, 5.74) is 0. The largest absolute Gasteiger partial charge is 0.342 e. The number of nitrogens with zero attached hydrogens (tertiary/aromatic N) is 3. The quantitative estimate of drug-likeness (QED) is 0.704. The molecular formula is C22H41ClN4O2. The first-order valence-electron chi connectivity index (χ1n) is 11.5. The molecule has 3 aliphatic rings. The van der Waals surface area contributed by atoms with Crippen molar-refractivity contribution in [2.75, 3.05) is 59.4 Å². The summed E-state index contributed by atoms with van der Waals surface area (Å²) >= 11 is 0. The van der Waals surface area contributed by atoms with E-state index in [0.717, 1.165) is 71.0 Å². The second kappa shape index (κ2) is 12.1. The lowest BCUT2D eigenvalue weighted by atomic mass is 9.92. The molecule has 0 aromatic carbocycles. The van der Waals surface area contributed by atoms with Crippen LogP contribution >= 0.6 is 12.4 Å².